The van der Waals surface area contributed by atoms with Gasteiger partial charge < -0.3 is 4.84 Å². The summed E-state index contributed by atoms with van der Waals surface area (Å²) in [6, 6.07) is 0. The average molecular weight is 194 g/mol. The maximum Gasteiger partial charge on any atom is 0.208 e. The van der Waals surface area contributed by atoms with Crippen molar-refractivity contribution in [1.29, 1.82) is 0 Å². The van der Waals surface area contributed by atoms with Crippen LogP contribution in [0, 0.1) is 0 Å². The Bertz CT molecular complexity index is 223. The Morgan fingerprint density at radius 2 is 2.25 bits per heavy atom. The van der Waals surface area contributed by atoms with Crippen LogP contribution in [-0.4, -0.2) is 34.0 Å². The van der Waals surface area contributed by atoms with E-state index in [0.717, 1.165) is 6.26 Å². The SMILES string of the molecule is C/C=N\OCCCNS(C)(=O)=O. The first kappa shape index (κ1) is 11.4. The van der Waals surface area contributed by atoms with Gasteiger partial charge in [-0.2, -0.15) is 0 Å². The predicted molar refractivity (Wildman–Crippen MR) is 47.6 cm³/mol. The minimum atomic E-state index is -3.06. The maximum absolute atomic E-state index is 10.5. The largest absolute Gasteiger partial charge is 0.396 e. The summed E-state index contributed by atoms with van der Waals surface area (Å²) in [6.45, 7) is 2.56. The molecular formula is C6H14N2O3S. The smallest absolute Gasteiger partial charge is 0.208 e. The first-order valence-corrected chi connectivity index (χ1v) is 5.50. The molecule has 0 fully saturated rings. The third-order valence-electron chi connectivity index (χ3n) is 0.957. The van der Waals surface area contributed by atoms with E-state index in [1.54, 1.807) is 6.92 Å². The number of hydrogen-bond acceptors (Lipinski definition) is 4. The highest BCUT2D eigenvalue weighted by Gasteiger charge is 1.97. The Labute approximate surface area is 72.8 Å². The number of nitrogens with zero attached hydrogens (tertiary/aromatic N) is 1. The van der Waals surface area contributed by atoms with Crippen molar-refractivity contribution in [2.24, 2.45) is 5.16 Å². The normalized spacial score (nSPS) is 12.2. The number of rotatable bonds is 6. The molecule has 0 bridgehead atoms. The van der Waals surface area contributed by atoms with Gasteiger partial charge in [-0.05, 0) is 13.3 Å². The molecule has 72 valence electrons. The Kier molecular flexibility index (Phi) is 5.65. The molecule has 0 aliphatic heterocycles. The lowest BCUT2D eigenvalue weighted by molar-refractivity contribution is 0.144. The molecule has 0 rings (SSSR count). The van der Waals surface area contributed by atoms with Crippen LogP contribution >= 0.6 is 0 Å². The molecule has 1 N–H and O–H groups in total. The zero-order valence-corrected chi connectivity index (χ0v) is 8.10. The van der Waals surface area contributed by atoms with Gasteiger partial charge in [0, 0.05) is 12.8 Å². The molecule has 0 spiro atoms. The van der Waals surface area contributed by atoms with E-state index in [1.165, 1.54) is 6.21 Å². The van der Waals surface area contributed by atoms with Crippen LogP contribution < -0.4 is 4.72 Å². The van der Waals surface area contributed by atoms with Crippen LogP contribution in [-0.2, 0) is 14.9 Å². The van der Waals surface area contributed by atoms with Gasteiger partial charge in [0.05, 0.1) is 6.26 Å². The lowest BCUT2D eigenvalue weighted by atomic mass is 10.5. The fraction of sp³-hybridized carbons (Fsp3) is 0.833. The number of oxime groups is 1. The third-order valence-corrected chi connectivity index (χ3v) is 1.69. The van der Waals surface area contributed by atoms with E-state index in [9.17, 15) is 8.42 Å². The highest BCUT2D eigenvalue weighted by molar-refractivity contribution is 7.88. The van der Waals surface area contributed by atoms with Crippen molar-refractivity contribution in [2.75, 3.05) is 19.4 Å². The summed E-state index contributed by atoms with van der Waals surface area (Å²) in [7, 11) is -3.06. The van der Waals surface area contributed by atoms with Crippen LogP contribution in [0.4, 0.5) is 0 Å². The van der Waals surface area contributed by atoms with Gasteiger partial charge in [0.1, 0.15) is 6.61 Å². The molecule has 6 heteroatoms. The van der Waals surface area contributed by atoms with Crippen LogP contribution in [0.15, 0.2) is 5.16 Å². The van der Waals surface area contributed by atoms with Crippen LogP contribution in [0.3, 0.4) is 0 Å². The number of nitrogens with one attached hydrogen (secondary N) is 1. The second-order valence-electron chi connectivity index (χ2n) is 2.22. The van der Waals surface area contributed by atoms with E-state index < -0.39 is 10.0 Å². The van der Waals surface area contributed by atoms with Gasteiger partial charge in [-0.1, -0.05) is 5.16 Å². The van der Waals surface area contributed by atoms with Crippen LogP contribution in [0.25, 0.3) is 0 Å². The molecule has 0 amide bonds. The minimum absolute atomic E-state index is 0.387. The topological polar surface area (TPSA) is 67.8 Å². The second-order valence-corrected chi connectivity index (χ2v) is 4.05. The molecule has 0 atom stereocenters. The summed E-state index contributed by atoms with van der Waals surface area (Å²) in [4.78, 5) is 4.73. The van der Waals surface area contributed by atoms with Gasteiger partial charge in [-0.3, -0.25) is 0 Å². The maximum atomic E-state index is 10.5. The molecular weight excluding hydrogens is 180 g/mol. The van der Waals surface area contributed by atoms with Crippen molar-refractivity contribution in [1.82, 2.24) is 4.72 Å². The monoisotopic (exact) mass is 194 g/mol. The molecule has 0 saturated carbocycles. The average Bonchev–Trinajstić information content (AvgIpc) is 1.94. The highest BCUT2D eigenvalue weighted by atomic mass is 32.2. The summed E-state index contributed by atoms with van der Waals surface area (Å²) >= 11 is 0. The van der Waals surface area contributed by atoms with E-state index in [0.29, 0.717) is 19.6 Å². The molecule has 0 aromatic carbocycles. The van der Waals surface area contributed by atoms with Crippen LogP contribution in [0.5, 0.6) is 0 Å². The molecule has 12 heavy (non-hydrogen) atoms. The Hall–Kier alpha value is -0.620. The van der Waals surface area contributed by atoms with Crippen molar-refractivity contribution in [2.45, 2.75) is 13.3 Å². The zero-order valence-electron chi connectivity index (χ0n) is 7.28. The predicted octanol–water partition coefficient (Wildman–Crippen LogP) is -0.0520. The fourth-order valence-electron chi connectivity index (χ4n) is 0.522. The molecule has 0 aliphatic carbocycles. The molecule has 0 aromatic heterocycles. The van der Waals surface area contributed by atoms with Gasteiger partial charge in [0.15, 0.2) is 0 Å². The molecule has 5 nitrogen and oxygen atoms in total. The third kappa shape index (κ3) is 9.38. The summed E-state index contributed by atoms with van der Waals surface area (Å²) in [5, 5.41) is 3.50. The Balaban J connectivity index is 3.23. The fourth-order valence-corrected chi connectivity index (χ4v) is 1.04. The molecule has 0 unspecified atom stereocenters. The van der Waals surface area contributed by atoms with Gasteiger partial charge in [-0.25, -0.2) is 13.1 Å². The first-order valence-electron chi connectivity index (χ1n) is 3.61. The van der Waals surface area contributed by atoms with E-state index in [-0.39, 0.29) is 0 Å². The summed E-state index contributed by atoms with van der Waals surface area (Å²) in [5.74, 6) is 0. The molecule has 0 heterocycles. The summed E-state index contributed by atoms with van der Waals surface area (Å²) in [6.07, 6.45) is 3.27. The highest BCUT2D eigenvalue weighted by Crippen LogP contribution is 1.82. The minimum Gasteiger partial charge on any atom is -0.396 e. The number of hydrogen-bond donors (Lipinski definition) is 1. The van der Waals surface area contributed by atoms with Crippen molar-refractivity contribution in [3.05, 3.63) is 0 Å². The van der Waals surface area contributed by atoms with E-state index in [1.807, 2.05) is 0 Å². The van der Waals surface area contributed by atoms with E-state index in [2.05, 4.69) is 9.88 Å². The molecule has 0 aromatic rings. The van der Waals surface area contributed by atoms with Gasteiger partial charge in [0.25, 0.3) is 0 Å². The van der Waals surface area contributed by atoms with Crippen molar-refractivity contribution >= 4 is 16.2 Å². The Morgan fingerprint density at radius 3 is 2.75 bits per heavy atom. The van der Waals surface area contributed by atoms with Gasteiger partial charge >= 0.3 is 0 Å². The summed E-state index contributed by atoms with van der Waals surface area (Å²) in [5.41, 5.74) is 0. The molecule has 0 saturated heterocycles. The summed E-state index contributed by atoms with van der Waals surface area (Å²) < 4.78 is 23.4. The Morgan fingerprint density at radius 1 is 1.58 bits per heavy atom. The standard InChI is InChI=1S/C6H14N2O3S/c1-3-7-11-6-4-5-8-12(2,9)10/h3,8H,4-6H2,1-2H3/b7-3-. The lowest BCUT2D eigenvalue weighted by Crippen LogP contribution is -2.23. The van der Waals surface area contributed by atoms with Crippen LogP contribution in [0.2, 0.25) is 0 Å². The first-order chi connectivity index (χ1) is 5.56. The van der Waals surface area contributed by atoms with Crippen molar-refractivity contribution in [3.8, 4) is 0 Å². The van der Waals surface area contributed by atoms with E-state index >= 15 is 0 Å². The molecule has 0 aliphatic rings. The number of sulfonamides is 1. The van der Waals surface area contributed by atoms with Crippen molar-refractivity contribution in [3.63, 3.8) is 0 Å². The quantitative estimate of drug-likeness (QED) is 0.366. The lowest BCUT2D eigenvalue weighted by Gasteiger charge is -2.00. The van der Waals surface area contributed by atoms with E-state index in [4.69, 9.17) is 4.84 Å². The van der Waals surface area contributed by atoms with Gasteiger partial charge in [-0.15, -0.1) is 0 Å². The molecule has 0 radical (unpaired) electrons. The van der Waals surface area contributed by atoms with Crippen LogP contribution in [0.1, 0.15) is 13.3 Å². The van der Waals surface area contributed by atoms with Crippen molar-refractivity contribution < 1.29 is 13.3 Å². The zero-order chi connectivity index (χ0) is 9.45. The van der Waals surface area contributed by atoms with Gasteiger partial charge in [0.2, 0.25) is 10.0 Å². The second kappa shape index (κ2) is 5.96.